The summed E-state index contributed by atoms with van der Waals surface area (Å²) in [5.74, 6) is 0. The molecule has 0 aromatic heterocycles. The SMILES string of the molecule is [CH3][Zr]([CH3])[CH]1C=Cc2ccccc21. The molecule has 0 spiro atoms. The standard InChI is InChI=1S/C9H7.2CH3.Zr/c1-2-5-9-7-3-6-8(9)4-1;;;/h1-7H;2*1H3;. The molecular weight excluding hydrogens is 223 g/mol. The molecule has 1 aliphatic rings. The first-order valence-electron chi connectivity index (χ1n) is 4.36. The van der Waals surface area contributed by atoms with E-state index in [9.17, 15) is 0 Å². The molecule has 0 fully saturated rings. The summed E-state index contributed by atoms with van der Waals surface area (Å²) < 4.78 is 5.78. The first kappa shape index (κ1) is 8.44. The van der Waals surface area contributed by atoms with Crippen molar-refractivity contribution in [1.82, 2.24) is 0 Å². The monoisotopic (exact) mass is 235 g/mol. The first-order valence-corrected chi connectivity index (χ1v) is 10.7. The van der Waals surface area contributed by atoms with E-state index in [-0.39, 0.29) is 0 Å². The van der Waals surface area contributed by atoms with Gasteiger partial charge in [-0.2, -0.15) is 0 Å². The van der Waals surface area contributed by atoms with Crippen LogP contribution in [0.25, 0.3) is 6.08 Å². The van der Waals surface area contributed by atoms with Gasteiger partial charge in [0.05, 0.1) is 0 Å². The van der Waals surface area contributed by atoms with E-state index in [1.807, 2.05) is 0 Å². The molecule has 1 aromatic rings. The van der Waals surface area contributed by atoms with Crippen LogP contribution in [-0.2, 0) is 21.8 Å². The van der Waals surface area contributed by atoms with Crippen molar-refractivity contribution in [3.05, 3.63) is 41.5 Å². The van der Waals surface area contributed by atoms with Crippen LogP contribution in [0.3, 0.4) is 0 Å². The van der Waals surface area contributed by atoms with Crippen molar-refractivity contribution in [1.29, 1.82) is 0 Å². The van der Waals surface area contributed by atoms with Crippen LogP contribution in [0.4, 0.5) is 0 Å². The number of benzene rings is 1. The van der Waals surface area contributed by atoms with Gasteiger partial charge in [-0.1, -0.05) is 0 Å². The molecule has 0 radical (unpaired) electrons. The van der Waals surface area contributed by atoms with Gasteiger partial charge >= 0.3 is 82.2 Å². The number of hydrogen-bond acceptors (Lipinski definition) is 0. The van der Waals surface area contributed by atoms with E-state index in [4.69, 9.17) is 0 Å². The Hall–Kier alpha value is -0.157. The van der Waals surface area contributed by atoms with Crippen LogP contribution in [-0.4, -0.2) is 0 Å². The summed E-state index contributed by atoms with van der Waals surface area (Å²) in [5.41, 5.74) is 3.03. The van der Waals surface area contributed by atoms with Crippen LogP contribution in [0.1, 0.15) is 14.8 Å². The second-order valence-corrected chi connectivity index (χ2v) is 10.4. The molecule has 1 atom stereocenters. The molecule has 0 amide bonds. The Bertz CT molecular complexity index is 313. The second-order valence-electron chi connectivity index (χ2n) is 3.54. The van der Waals surface area contributed by atoms with Crippen molar-refractivity contribution >= 4 is 6.08 Å². The molecule has 12 heavy (non-hydrogen) atoms. The molecule has 0 bridgehead atoms. The average molecular weight is 236 g/mol. The van der Waals surface area contributed by atoms with Gasteiger partial charge in [0.1, 0.15) is 0 Å². The fourth-order valence-electron chi connectivity index (χ4n) is 1.75. The van der Waals surface area contributed by atoms with Crippen LogP contribution in [0, 0.1) is 0 Å². The van der Waals surface area contributed by atoms with Gasteiger partial charge in [0.25, 0.3) is 0 Å². The van der Waals surface area contributed by atoms with E-state index in [0.717, 1.165) is 3.63 Å². The molecule has 2 rings (SSSR count). The van der Waals surface area contributed by atoms with Crippen LogP contribution >= 0.6 is 0 Å². The summed E-state index contributed by atoms with van der Waals surface area (Å²) in [7, 11) is 0. The van der Waals surface area contributed by atoms with E-state index in [0.29, 0.717) is 0 Å². The summed E-state index contributed by atoms with van der Waals surface area (Å²) in [6.07, 6.45) is 4.69. The van der Waals surface area contributed by atoms with Crippen molar-refractivity contribution in [2.45, 2.75) is 12.9 Å². The molecule has 0 heterocycles. The summed E-state index contributed by atoms with van der Waals surface area (Å²) in [6, 6.07) is 8.79. The van der Waals surface area contributed by atoms with Gasteiger partial charge in [-0.3, -0.25) is 0 Å². The normalized spacial score (nSPS) is 19.3. The summed E-state index contributed by atoms with van der Waals surface area (Å²) in [4.78, 5) is 0. The molecular formula is C11H13Zr. The zero-order valence-corrected chi connectivity index (χ0v) is 10.00. The zero-order valence-electron chi connectivity index (χ0n) is 7.54. The Balaban J connectivity index is 2.42. The maximum atomic E-state index is 2.47. The molecule has 0 aliphatic heterocycles. The van der Waals surface area contributed by atoms with Gasteiger partial charge in [0.15, 0.2) is 0 Å². The minimum absolute atomic E-state index is 0.837. The number of rotatable bonds is 1. The molecule has 0 N–H and O–H groups in total. The number of allylic oxidation sites excluding steroid dienone is 1. The van der Waals surface area contributed by atoms with Gasteiger partial charge in [-0.15, -0.1) is 0 Å². The van der Waals surface area contributed by atoms with E-state index < -0.39 is 21.8 Å². The molecule has 1 unspecified atom stereocenters. The minimum atomic E-state index is -1.07. The van der Waals surface area contributed by atoms with E-state index in [1.54, 1.807) is 5.56 Å². The molecule has 0 saturated carbocycles. The predicted molar refractivity (Wildman–Crippen MR) is 49.9 cm³/mol. The number of fused-ring (bicyclic) bond motifs is 1. The summed E-state index contributed by atoms with van der Waals surface area (Å²) in [6.45, 7) is 0. The van der Waals surface area contributed by atoms with Gasteiger partial charge in [-0.05, 0) is 0 Å². The third kappa shape index (κ3) is 1.35. The Morgan fingerprint density at radius 1 is 1.17 bits per heavy atom. The molecule has 1 aliphatic carbocycles. The summed E-state index contributed by atoms with van der Waals surface area (Å²) in [5, 5.41) is 0. The van der Waals surface area contributed by atoms with Gasteiger partial charge in [0, 0.05) is 0 Å². The Morgan fingerprint density at radius 3 is 2.67 bits per heavy atom. The van der Waals surface area contributed by atoms with Gasteiger partial charge in [0.2, 0.25) is 0 Å². The zero-order chi connectivity index (χ0) is 8.55. The maximum absolute atomic E-state index is 2.47. The van der Waals surface area contributed by atoms with E-state index in [1.165, 1.54) is 5.56 Å². The van der Waals surface area contributed by atoms with Crippen LogP contribution in [0.5, 0.6) is 0 Å². The Kier molecular flexibility index (Phi) is 2.32. The molecule has 0 saturated heterocycles. The third-order valence-corrected chi connectivity index (χ3v) is 6.72. The quantitative estimate of drug-likeness (QED) is 0.700. The van der Waals surface area contributed by atoms with Crippen molar-refractivity contribution in [2.75, 3.05) is 0 Å². The van der Waals surface area contributed by atoms with Crippen LogP contribution < -0.4 is 0 Å². The van der Waals surface area contributed by atoms with Crippen molar-refractivity contribution in [2.24, 2.45) is 0 Å². The van der Waals surface area contributed by atoms with Crippen LogP contribution in [0.15, 0.2) is 30.3 Å². The second kappa shape index (κ2) is 3.30. The molecule has 1 aromatic carbocycles. The first-order chi connectivity index (χ1) is 5.79. The fraction of sp³-hybridized carbons (Fsp3) is 0.273. The van der Waals surface area contributed by atoms with Crippen molar-refractivity contribution < 1.29 is 21.8 Å². The Labute approximate surface area is 82.0 Å². The van der Waals surface area contributed by atoms with Crippen LogP contribution in [0.2, 0.25) is 9.26 Å². The predicted octanol–water partition coefficient (Wildman–Crippen LogP) is 3.47. The Morgan fingerprint density at radius 2 is 1.92 bits per heavy atom. The molecule has 61 valence electrons. The molecule has 1 heteroatoms. The fourth-order valence-corrected chi connectivity index (χ4v) is 5.11. The summed E-state index contributed by atoms with van der Waals surface area (Å²) >= 11 is -1.07. The van der Waals surface area contributed by atoms with E-state index >= 15 is 0 Å². The van der Waals surface area contributed by atoms with Gasteiger partial charge < -0.3 is 0 Å². The topological polar surface area (TPSA) is 0 Å². The number of hydrogen-bond donors (Lipinski definition) is 0. The van der Waals surface area contributed by atoms with Crippen molar-refractivity contribution in [3.8, 4) is 0 Å². The third-order valence-electron chi connectivity index (χ3n) is 2.42. The molecule has 0 nitrogen and oxygen atoms in total. The van der Waals surface area contributed by atoms with Crippen molar-refractivity contribution in [3.63, 3.8) is 0 Å². The van der Waals surface area contributed by atoms with E-state index in [2.05, 4.69) is 45.7 Å². The van der Waals surface area contributed by atoms with Gasteiger partial charge in [-0.25, -0.2) is 0 Å². The average Bonchev–Trinajstić information content (AvgIpc) is 2.47.